The molecular weight excluding hydrogens is 360 g/mol. The first-order chi connectivity index (χ1) is 13.7. The summed E-state index contributed by atoms with van der Waals surface area (Å²) in [5, 5.41) is 6.11. The highest BCUT2D eigenvalue weighted by molar-refractivity contribution is 5.62. The maximum absolute atomic E-state index is 13.3. The molecule has 0 unspecified atom stereocenters. The molecular formula is C21H21F2N5. The summed E-state index contributed by atoms with van der Waals surface area (Å²) in [5.41, 5.74) is 2.52. The van der Waals surface area contributed by atoms with Crippen LogP contribution in [0.4, 0.5) is 37.6 Å². The van der Waals surface area contributed by atoms with Gasteiger partial charge in [0.15, 0.2) is 11.6 Å². The Morgan fingerprint density at radius 1 is 0.786 bits per heavy atom. The van der Waals surface area contributed by atoms with Crippen LogP contribution >= 0.6 is 0 Å². The maximum Gasteiger partial charge on any atom is 0.229 e. The third-order valence-electron chi connectivity index (χ3n) is 4.69. The third-order valence-corrected chi connectivity index (χ3v) is 4.69. The smallest absolute Gasteiger partial charge is 0.229 e. The molecule has 144 valence electrons. The number of piperidine rings is 1. The number of halogens is 2. The highest BCUT2D eigenvalue weighted by Crippen LogP contribution is 2.24. The van der Waals surface area contributed by atoms with E-state index in [4.69, 9.17) is 0 Å². The van der Waals surface area contributed by atoms with Crippen LogP contribution < -0.4 is 15.5 Å². The van der Waals surface area contributed by atoms with Crippen LogP contribution in [-0.4, -0.2) is 23.1 Å². The average molecular weight is 381 g/mol. The van der Waals surface area contributed by atoms with E-state index in [1.807, 2.05) is 12.1 Å². The summed E-state index contributed by atoms with van der Waals surface area (Å²) in [7, 11) is 0. The van der Waals surface area contributed by atoms with E-state index in [1.165, 1.54) is 31.0 Å². The van der Waals surface area contributed by atoms with Crippen molar-refractivity contribution < 1.29 is 8.78 Å². The Kier molecular flexibility index (Phi) is 5.32. The van der Waals surface area contributed by atoms with Crippen molar-refractivity contribution in [2.75, 3.05) is 28.6 Å². The summed E-state index contributed by atoms with van der Waals surface area (Å²) in [4.78, 5) is 10.9. The SMILES string of the molecule is Fc1ccc(Nc2nccc(Nc3ccc(N4CCCCC4)cc3)n2)cc1F. The van der Waals surface area contributed by atoms with Crippen LogP contribution in [0.1, 0.15) is 19.3 Å². The molecule has 1 aromatic heterocycles. The first-order valence-electron chi connectivity index (χ1n) is 9.34. The summed E-state index contributed by atoms with van der Waals surface area (Å²) in [6.07, 6.45) is 5.40. The van der Waals surface area contributed by atoms with Crippen molar-refractivity contribution in [1.29, 1.82) is 0 Å². The van der Waals surface area contributed by atoms with Crippen LogP contribution in [0.25, 0.3) is 0 Å². The monoisotopic (exact) mass is 381 g/mol. The standard InChI is InChI=1S/C21H21F2N5/c22-18-9-6-16(14-19(18)23)26-21-24-11-10-20(27-21)25-15-4-7-17(8-5-15)28-12-2-1-3-13-28/h4-11,14H,1-3,12-13H2,(H2,24,25,26,27). The highest BCUT2D eigenvalue weighted by atomic mass is 19.2. The van der Waals surface area contributed by atoms with Crippen molar-refractivity contribution in [3.63, 3.8) is 0 Å². The summed E-state index contributed by atoms with van der Waals surface area (Å²) < 4.78 is 26.4. The Labute approximate surface area is 162 Å². The second-order valence-corrected chi connectivity index (χ2v) is 6.74. The summed E-state index contributed by atoms with van der Waals surface area (Å²) in [5.74, 6) is -0.922. The van der Waals surface area contributed by atoms with E-state index in [1.54, 1.807) is 12.3 Å². The molecule has 7 heteroatoms. The van der Waals surface area contributed by atoms with Crippen LogP contribution in [0.3, 0.4) is 0 Å². The van der Waals surface area contributed by atoms with Gasteiger partial charge in [0.1, 0.15) is 5.82 Å². The first-order valence-corrected chi connectivity index (χ1v) is 9.34. The van der Waals surface area contributed by atoms with Gasteiger partial charge in [-0.05, 0) is 61.7 Å². The Morgan fingerprint density at radius 2 is 1.54 bits per heavy atom. The van der Waals surface area contributed by atoms with Gasteiger partial charge in [0.05, 0.1) is 0 Å². The summed E-state index contributed by atoms with van der Waals surface area (Å²) in [6.45, 7) is 2.22. The molecule has 1 aliphatic heterocycles. The van der Waals surface area contributed by atoms with Gasteiger partial charge in [0.25, 0.3) is 0 Å². The molecule has 5 nitrogen and oxygen atoms in total. The van der Waals surface area contributed by atoms with Crippen LogP contribution in [0.15, 0.2) is 54.7 Å². The third kappa shape index (κ3) is 4.36. The minimum absolute atomic E-state index is 0.293. The number of nitrogens with zero attached hydrogens (tertiary/aromatic N) is 3. The zero-order chi connectivity index (χ0) is 19.3. The highest BCUT2D eigenvalue weighted by Gasteiger charge is 2.10. The molecule has 0 atom stereocenters. The summed E-state index contributed by atoms with van der Waals surface area (Å²) in [6, 6.07) is 13.6. The number of hydrogen-bond acceptors (Lipinski definition) is 5. The normalized spacial score (nSPS) is 14.0. The molecule has 0 saturated carbocycles. The fourth-order valence-electron chi connectivity index (χ4n) is 3.25. The van der Waals surface area contributed by atoms with E-state index in [2.05, 4.69) is 37.6 Å². The molecule has 0 spiro atoms. The van der Waals surface area contributed by atoms with Crippen LogP contribution in [0.2, 0.25) is 0 Å². The average Bonchev–Trinajstić information content (AvgIpc) is 2.72. The largest absolute Gasteiger partial charge is 0.372 e. The molecule has 0 radical (unpaired) electrons. The van der Waals surface area contributed by atoms with Crippen LogP contribution in [-0.2, 0) is 0 Å². The number of nitrogens with one attached hydrogen (secondary N) is 2. The number of benzene rings is 2. The lowest BCUT2D eigenvalue weighted by Gasteiger charge is -2.28. The molecule has 4 rings (SSSR count). The summed E-state index contributed by atoms with van der Waals surface area (Å²) >= 11 is 0. The predicted octanol–water partition coefficient (Wildman–Crippen LogP) is 5.23. The Balaban J connectivity index is 1.43. The quantitative estimate of drug-likeness (QED) is 0.634. The Hall–Kier alpha value is -3.22. The maximum atomic E-state index is 13.3. The molecule has 1 fully saturated rings. The fraction of sp³-hybridized carbons (Fsp3) is 0.238. The molecule has 1 aliphatic rings. The van der Waals surface area contributed by atoms with Gasteiger partial charge in [0, 0.05) is 42.4 Å². The molecule has 1 saturated heterocycles. The topological polar surface area (TPSA) is 53.1 Å². The van der Waals surface area contributed by atoms with Gasteiger partial charge in [-0.25, -0.2) is 13.8 Å². The van der Waals surface area contributed by atoms with Crippen LogP contribution in [0, 0.1) is 11.6 Å². The second-order valence-electron chi connectivity index (χ2n) is 6.74. The molecule has 2 N–H and O–H groups in total. The lowest BCUT2D eigenvalue weighted by Crippen LogP contribution is -2.29. The second kappa shape index (κ2) is 8.21. The van der Waals surface area contributed by atoms with Crippen molar-refractivity contribution in [2.24, 2.45) is 0 Å². The van der Waals surface area contributed by atoms with Crippen molar-refractivity contribution in [3.8, 4) is 0 Å². The van der Waals surface area contributed by atoms with Gasteiger partial charge in [-0.15, -0.1) is 0 Å². The van der Waals surface area contributed by atoms with E-state index in [9.17, 15) is 8.78 Å². The Morgan fingerprint density at radius 3 is 2.29 bits per heavy atom. The van der Waals surface area contributed by atoms with Crippen molar-refractivity contribution >= 4 is 28.8 Å². The molecule has 2 aromatic carbocycles. The van der Waals surface area contributed by atoms with Crippen molar-refractivity contribution in [2.45, 2.75) is 19.3 Å². The fourth-order valence-corrected chi connectivity index (χ4v) is 3.25. The van der Waals surface area contributed by atoms with Crippen molar-refractivity contribution in [1.82, 2.24) is 9.97 Å². The molecule has 0 amide bonds. The lowest BCUT2D eigenvalue weighted by atomic mass is 10.1. The van der Waals surface area contributed by atoms with E-state index in [-0.39, 0.29) is 0 Å². The molecule has 28 heavy (non-hydrogen) atoms. The number of rotatable bonds is 5. The predicted molar refractivity (Wildman–Crippen MR) is 107 cm³/mol. The van der Waals surface area contributed by atoms with Crippen LogP contribution in [0.5, 0.6) is 0 Å². The Bertz CT molecular complexity index is 940. The van der Waals surface area contributed by atoms with E-state index in [0.717, 1.165) is 30.9 Å². The van der Waals surface area contributed by atoms with Gasteiger partial charge in [-0.3, -0.25) is 0 Å². The van der Waals surface area contributed by atoms with E-state index < -0.39 is 11.6 Å². The number of aromatic nitrogens is 2. The van der Waals surface area contributed by atoms with E-state index >= 15 is 0 Å². The zero-order valence-electron chi connectivity index (χ0n) is 15.3. The first kappa shape index (κ1) is 18.2. The molecule has 0 bridgehead atoms. The number of hydrogen-bond donors (Lipinski definition) is 2. The van der Waals surface area contributed by atoms with Gasteiger partial charge in [-0.2, -0.15) is 4.98 Å². The van der Waals surface area contributed by atoms with Gasteiger partial charge in [0.2, 0.25) is 5.95 Å². The van der Waals surface area contributed by atoms with E-state index in [0.29, 0.717) is 17.5 Å². The van der Waals surface area contributed by atoms with Gasteiger partial charge in [-0.1, -0.05) is 0 Å². The minimum atomic E-state index is -0.923. The zero-order valence-corrected chi connectivity index (χ0v) is 15.3. The molecule has 0 aliphatic carbocycles. The number of anilines is 5. The lowest BCUT2D eigenvalue weighted by molar-refractivity contribution is 0.509. The van der Waals surface area contributed by atoms with Crippen molar-refractivity contribution in [3.05, 3.63) is 66.4 Å². The molecule has 2 heterocycles. The van der Waals surface area contributed by atoms with Gasteiger partial charge < -0.3 is 15.5 Å². The molecule has 3 aromatic rings. The minimum Gasteiger partial charge on any atom is -0.372 e. The van der Waals surface area contributed by atoms with Gasteiger partial charge >= 0.3 is 0 Å².